The molecule has 0 N–H and O–H groups in total. The first-order valence-corrected chi connectivity index (χ1v) is 9.43. The highest BCUT2D eigenvalue weighted by molar-refractivity contribution is 6.03. The van der Waals surface area contributed by atoms with Crippen molar-refractivity contribution in [3.8, 4) is 11.1 Å². The zero-order chi connectivity index (χ0) is 18.1. The average molecular weight is 348 g/mol. The van der Waals surface area contributed by atoms with Crippen LogP contribution in [0, 0.1) is 5.92 Å². The number of benzene rings is 2. The zero-order valence-corrected chi connectivity index (χ0v) is 15.1. The van der Waals surface area contributed by atoms with Gasteiger partial charge < -0.3 is 9.80 Å². The SMILES string of the molecule is CC1C(=O)N(c2ccccc2-c2ccccc2)CCN1C(=O)C1CCC1. The molecule has 1 unspecified atom stereocenters. The molecule has 1 saturated heterocycles. The molecule has 2 aromatic rings. The maximum absolute atomic E-state index is 13.1. The third-order valence-electron chi connectivity index (χ3n) is 5.67. The molecule has 1 aliphatic heterocycles. The molecule has 2 amide bonds. The number of amides is 2. The van der Waals surface area contributed by atoms with Gasteiger partial charge in [-0.3, -0.25) is 9.59 Å². The van der Waals surface area contributed by atoms with E-state index in [1.807, 2.05) is 48.2 Å². The third kappa shape index (κ3) is 2.90. The molecule has 2 fully saturated rings. The highest BCUT2D eigenvalue weighted by atomic mass is 16.2. The molecule has 1 atom stereocenters. The van der Waals surface area contributed by atoms with Crippen LogP contribution in [0.25, 0.3) is 11.1 Å². The van der Waals surface area contributed by atoms with Crippen molar-refractivity contribution in [2.24, 2.45) is 5.92 Å². The maximum atomic E-state index is 13.1. The van der Waals surface area contributed by atoms with Gasteiger partial charge in [0.05, 0.1) is 5.69 Å². The molecule has 1 heterocycles. The Morgan fingerprint density at radius 3 is 2.35 bits per heavy atom. The van der Waals surface area contributed by atoms with Gasteiger partial charge in [-0.1, -0.05) is 55.0 Å². The lowest BCUT2D eigenvalue weighted by molar-refractivity contribution is -0.146. The maximum Gasteiger partial charge on any atom is 0.249 e. The summed E-state index contributed by atoms with van der Waals surface area (Å²) in [5.41, 5.74) is 3.07. The fourth-order valence-electron chi connectivity index (χ4n) is 3.87. The van der Waals surface area contributed by atoms with E-state index < -0.39 is 6.04 Å². The van der Waals surface area contributed by atoms with Crippen LogP contribution < -0.4 is 4.90 Å². The van der Waals surface area contributed by atoms with Crippen molar-refractivity contribution in [2.45, 2.75) is 32.2 Å². The summed E-state index contributed by atoms with van der Waals surface area (Å²) in [4.78, 5) is 29.3. The third-order valence-corrected chi connectivity index (χ3v) is 5.67. The summed E-state index contributed by atoms with van der Waals surface area (Å²) in [6, 6.07) is 17.7. The van der Waals surface area contributed by atoms with Crippen molar-refractivity contribution in [3.05, 3.63) is 54.6 Å². The van der Waals surface area contributed by atoms with Gasteiger partial charge in [0, 0.05) is 24.6 Å². The molecule has 1 saturated carbocycles. The summed E-state index contributed by atoms with van der Waals surface area (Å²) < 4.78 is 0. The largest absolute Gasteiger partial charge is 0.329 e. The second-order valence-corrected chi connectivity index (χ2v) is 7.21. The monoisotopic (exact) mass is 348 g/mol. The molecule has 0 bridgehead atoms. The van der Waals surface area contributed by atoms with Gasteiger partial charge in [0.25, 0.3) is 0 Å². The fraction of sp³-hybridized carbons (Fsp3) is 0.364. The summed E-state index contributed by atoms with van der Waals surface area (Å²) in [5.74, 6) is 0.300. The van der Waals surface area contributed by atoms with Crippen molar-refractivity contribution >= 4 is 17.5 Å². The Balaban J connectivity index is 1.60. The molecule has 4 rings (SSSR count). The fourth-order valence-corrected chi connectivity index (χ4v) is 3.87. The molecular formula is C22H24N2O2. The minimum absolute atomic E-state index is 0.00676. The first kappa shape index (κ1) is 16.8. The van der Waals surface area contributed by atoms with Gasteiger partial charge in [-0.05, 0) is 31.4 Å². The molecule has 0 aromatic heterocycles. The molecule has 4 heteroatoms. The van der Waals surface area contributed by atoms with E-state index in [1.54, 1.807) is 4.90 Å². The molecule has 4 nitrogen and oxygen atoms in total. The summed E-state index contributed by atoms with van der Waals surface area (Å²) in [7, 11) is 0. The average Bonchev–Trinajstić information content (AvgIpc) is 2.63. The van der Waals surface area contributed by atoms with Crippen LogP contribution in [0.1, 0.15) is 26.2 Å². The second-order valence-electron chi connectivity index (χ2n) is 7.21. The molecule has 2 aromatic carbocycles. The quantitative estimate of drug-likeness (QED) is 0.848. The minimum atomic E-state index is -0.402. The van der Waals surface area contributed by atoms with Gasteiger partial charge in [0.2, 0.25) is 11.8 Å². The molecule has 26 heavy (non-hydrogen) atoms. The van der Waals surface area contributed by atoms with Crippen LogP contribution in [-0.4, -0.2) is 35.8 Å². The lowest BCUT2D eigenvalue weighted by Gasteiger charge is -2.42. The number of piperazine rings is 1. The lowest BCUT2D eigenvalue weighted by atomic mass is 9.84. The predicted octanol–water partition coefficient (Wildman–Crippen LogP) is 3.72. The molecule has 0 spiro atoms. The van der Waals surface area contributed by atoms with Crippen LogP contribution >= 0.6 is 0 Å². The number of carbonyl (C=O) groups excluding carboxylic acids is 2. The Kier molecular flexibility index (Phi) is 4.49. The van der Waals surface area contributed by atoms with Crippen LogP contribution in [0.5, 0.6) is 0 Å². The Morgan fingerprint density at radius 1 is 0.962 bits per heavy atom. The van der Waals surface area contributed by atoms with Crippen molar-refractivity contribution in [2.75, 3.05) is 18.0 Å². The van der Waals surface area contributed by atoms with Crippen molar-refractivity contribution < 1.29 is 9.59 Å². The number of para-hydroxylation sites is 1. The summed E-state index contributed by atoms with van der Waals surface area (Å²) >= 11 is 0. The highest BCUT2D eigenvalue weighted by Gasteiger charge is 2.39. The van der Waals surface area contributed by atoms with Crippen LogP contribution in [-0.2, 0) is 9.59 Å². The summed E-state index contributed by atoms with van der Waals surface area (Å²) in [6.45, 7) is 3.01. The van der Waals surface area contributed by atoms with Crippen molar-refractivity contribution in [1.82, 2.24) is 4.90 Å². The van der Waals surface area contributed by atoms with Gasteiger partial charge in [0.1, 0.15) is 6.04 Å². The highest BCUT2D eigenvalue weighted by Crippen LogP contribution is 2.34. The number of anilines is 1. The summed E-state index contributed by atoms with van der Waals surface area (Å²) in [5, 5.41) is 0. The van der Waals surface area contributed by atoms with Crippen molar-refractivity contribution in [3.63, 3.8) is 0 Å². The van der Waals surface area contributed by atoms with E-state index in [0.29, 0.717) is 13.1 Å². The van der Waals surface area contributed by atoms with E-state index in [4.69, 9.17) is 0 Å². The number of carbonyl (C=O) groups is 2. The first-order valence-electron chi connectivity index (χ1n) is 9.43. The van der Waals surface area contributed by atoms with E-state index in [-0.39, 0.29) is 17.7 Å². The molecular weight excluding hydrogens is 324 g/mol. The molecule has 0 radical (unpaired) electrons. The van der Waals surface area contributed by atoms with Gasteiger partial charge >= 0.3 is 0 Å². The van der Waals surface area contributed by atoms with E-state index in [9.17, 15) is 9.59 Å². The minimum Gasteiger partial charge on any atom is -0.329 e. The first-order chi connectivity index (χ1) is 12.7. The predicted molar refractivity (Wildman–Crippen MR) is 103 cm³/mol. The lowest BCUT2D eigenvalue weighted by Crippen LogP contribution is -2.59. The van der Waals surface area contributed by atoms with Crippen LogP contribution in [0.15, 0.2) is 54.6 Å². The Bertz CT molecular complexity index is 814. The van der Waals surface area contributed by atoms with Crippen molar-refractivity contribution in [1.29, 1.82) is 0 Å². The molecule has 1 aliphatic carbocycles. The smallest absolute Gasteiger partial charge is 0.249 e. The van der Waals surface area contributed by atoms with E-state index >= 15 is 0 Å². The molecule has 134 valence electrons. The van der Waals surface area contributed by atoms with Gasteiger partial charge in [-0.15, -0.1) is 0 Å². The number of hydrogen-bond acceptors (Lipinski definition) is 2. The number of nitrogens with zero attached hydrogens (tertiary/aromatic N) is 2. The van der Waals surface area contributed by atoms with Gasteiger partial charge in [-0.25, -0.2) is 0 Å². The van der Waals surface area contributed by atoms with Crippen LogP contribution in [0.4, 0.5) is 5.69 Å². The standard InChI is InChI=1S/C22H24N2O2/c1-16-21(25)24(15-14-23(16)22(26)18-10-7-11-18)20-13-6-5-12-19(20)17-8-3-2-4-9-17/h2-6,8-9,12-13,16,18H,7,10-11,14-15H2,1H3. The second kappa shape index (κ2) is 6.94. The Morgan fingerprint density at radius 2 is 1.65 bits per heavy atom. The normalized spacial score (nSPS) is 20.8. The Hall–Kier alpha value is -2.62. The topological polar surface area (TPSA) is 40.6 Å². The van der Waals surface area contributed by atoms with Crippen LogP contribution in [0.3, 0.4) is 0 Å². The Labute approximate surface area is 154 Å². The zero-order valence-electron chi connectivity index (χ0n) is 15.1. The number of rotatable bonds is 3. The summed E-state index contributed by atoms with van der Waals surface area (Å²) in [6.07, 6.45) is 3.07. The molecule has 2 aliphatic rings. The van der Waals surface area contributed by atoms with E-state index in [2.05, 4.69) is 18.2 Å². The van der Waals surface area contributed by atoms with Crippen LogP contribution in [0.2, 0.25) is 0 Å². The van der Waals surface area contributed by atoms with E-state index in [0.717, 1.165) is 36.1 Å². The van der Waals surface area contributed by atoms with Gasteiger partial charge in [0.15, 0.2) is 0 Å². The van der Waals surface area contributed by atoms with E-state index in [1.165, 1.54) is 0 Å². The van der Waals surface area contributed by atoms with Gasteiger partial charge in [-0.2, -0.15) is 0 Å². The number of hydrogen-bond donors (Lipinski definition) is 0.